The Balaban J connectivity index is 1.62. The fourth-order valence-electron chi connectivity index (χ4n) is 2.08. The molecule has 3 N–H and O–H groups in total. The molecule has 0 heterocycles. The molecule has 1 atom stereocenters. The Morgan fingerprint density at radius 3 is 2.62 bits per heavy atom. The molecule has 16 heavy (non-hydrogen) atoms. The molecule has 88 valence electrons. The van der Waals surface area contributed by atoms with Gasteiger partial charge in [-0.3, -0.25) is 0 Å². The van der Waals surface area contributed by atoms with Gasteiger partial charge in [-0.25, -0.2) is 0 Å². The molecule has 0 spiro atoms. The van der Waals surface area contributed by atoms with Crippen LogP contribution in [0.15, 0.2) is 24.3 Å². The van der Waals surface area contributed by atoms with Crippen molar-refractivity contribution in [1.82, 2.24) is 5.32 Å². The van der Waals surface area contributed by atoms with Gasteiger partial charge in [0.25, 0.3) is 0 Å². The smallest absolute Gasteiger partial charge is 0.0314 e. The Bertz CT molecular complexity index is 314. The fourth-order valence-corrected chi connectivity index (χ4v) is 2.08. The van der Waals surface area contributed by atoms with Gasteiger partial charge in [-0.1, -0.05) is 19.1 Å². The van der Waals surface area contributed by atoms with Crippen LogP contribution in [0.1, 0.15) is 25.3 Å². The van der Waals surface area contributed by atoms with Crippen molar-refractivity contribution in [1.29, 1.82) is 0 Å². The lowest BCUT2D eigenvalue weighted by atomic mass is 10.1. The monoisotopic (exact) mass is 218 g/mol. The van der Waals surface area contributed by atoms with Crippen LogP contribution in [0.5, 0.6) is 0 Å². The van der Waals surface area contributed by atoms with Gasteiger partial charge >= 0.3 is 0 Å². The maximum atomic E-state index is 5.65. The van der Waals surface area contributed by atoms with Crippen LogP contribution in [0.25, 0.3) is 0 Å². The van der Waals surface area contributed by atoms with E-state index in [1.165, 1.54) is 24.9 Å². The molecule has 2 rings (SSSR count). The van der Waals surface area contributed by atoms with E-state index in [0.29, 0.717) is 0 Å². The number of rotatable bonds is 6. The number of nitrogen functional groups attached to an aromatic ring is 1. The van der Waals surface area contributed by atoms with E-state index < -0.39 is 0 Å². The van der Waals surface area contributed by atoms with E-state index in [4.69, 9.17) is 5.73 Å². The topological polar surface area (TPSA) is 38.0 Å². The summed E-state index contributed by atoms with van der Waals surface area (Å²) in [5, 5.41) is 3.54. The zero-order chi connectivity index (χ0) is 11.4. The number of anilines is 1. The highest BCUT2D eigenvalue weighted by Crippen LogP contribution is 2.35. The summed E-state index contributed by atoms with van der Waals surface area (Å²) in [5.74, 6) is 1.86. The highest BCUT2D eigenvalue weighted by molar-refractivity contribution is 5.39. The van der Waals surface area contributed by atoms with Gasteiger partial charge < -0.3 is 11.1 Å². The lowest BCUT2D eigenvalue weighted by molar-refractivity contribution is 0.464. The first-order valence-corrected chi connectivity index (χ1v) is 6.31. The SMILES string of the molecule is CC(CNCCc1ccc(N)cc1)C1CC1. The standard InChI is InChI=1S/C14H22N2/c1-11(13-4-5-13)10-16-9-8-12-2-6-14(15)7-3-12/h2-3,6-7,11,13,16H,4-5,8-10,15H2,1H3. The number of hydrogen-bond donors (Lipinski definition) is 2. The van der Waals surface area contributed by atoms with Gasteiger partial charge in [0.05, 0.1) is 0 Å². The molecule has 0 radical (unpaired) electrons. The minimum absolute atomic E-state index is 0.846. The first-order chi connectivity index (χ1) is 7.75. The zero-order valence-electron chi connectivity index (χ0n) is 10.1. The second-order valence-corrected chi connectivity index (χ2v) is 5.01. The average molecular weight is 218 g/mol. The summed E-state index contributed by atoms with van der Waals surface area (Å²) in [6.07, 6.45) is 3.99. The van der Waals surface area contributed by atoms with Crippen LogP contribution >= 0.6 is 0 Å². The first-order valence-electron chi connectivity index (χ1n) is 6.31. The van der Waals surface area contributed by atoms with Crippen molar-refractivity contribution < 1.29 is 0 Å². The van der Waals surface area contributed by atoms with Crippen LogP contribution in [0.3, 0.4) is 0 Å². The van der Waals surface area contributed by atoms with E-state index in [0.717, 1.165) is 30.5 Å². The molecule has 0 aliphatic heterocycles. The van der Waals surface area contributed by atoms with Gasteiger partial charge in [-0.2, -0.15) is 0 Å². The third kappa shape index (κ3) is 3.53. The highest BCUT2D eigenvalue weighted by atomic mass is 14.9. The number of nitrogens with one attached hydrogen (secondary N) is 1. The molecule has 0 aromatic heterocycles. The van der Waals surface area contributed by atoms with Gasteiger partial charge in [0, 0.05) is 5.69 Å². The molecule has 1 saturated carbocycles. The summed E-state index contributed by atoms with van der Waals surface area (Å²) in [6.45, 7) is 4.59. The predicted octanol–water partition coefficient (Wildman–Crippen LogP) is 2.45. The van der Waals surface area contributed by atoms with Crippen LogP contribution in [-0.4, -0.2) is 13.1 Å². The lowest BCUT2D eigenvalue weighted by Crippen LogP contribution is -2.24. The van der Waals surface area contributed by atoms with E-state index >= 15 is 0 Å². The quantitative estimate of drug-likeness (QED) is 0.568. The number of benzene rings is 1. The predicted molar refractivity (Wildman–Crippen MR) is 69.3 cm³/mol. The third-order valence-electron chi connectivity index (χ3n) is 3.46. The molecule has 1 aromatic rings. The maximum Gasteiger partial charge on any atom is 0.0314 e. The number of hydrogen-bond acceptors (Lipinski definition) is 2. The second kappa shape index (κ2) is 5.35. The maximum absolute atomic E-state index is 5.65. The zero-order valence-corrected chi connectivity index (χ0v) is 10.1. The minimum Gasteiger partial charge on any atom is -0.399 e. The molecule has 0 amide bonds. The largest absolute Gasteiger partial charge is 0.399 e. The molecule has 1 unspecified atom stereocenters. The van der Waals surface area contributed by atoms with Crippen molar-refractivity contribution in [3.8, 4) is 0 Å². The van der Waals surface area contributed by atoms with Crippen molar-refractivity contribution in [2.75, 3.05) is 18.8 Å². The van der Waals surface area contributed by atoms with Crippen molar-refractivity contribution in [2.45, 2.75) is 26.2 Å². The van der Waals surface area contributed by atoms with Crippen LogP contribution in [0.4, 0.5) is 5.69 Å². The Morgan fingerprint density at radius 2 is 2.00 bits per heavy atom. The van der Waals surface area contributed by atoms with Crippen LogP contribution < -0.4 is 11.1 Å². The fraction of sp³-hybridized carbons (Fsp3) is 0.571. The minimum atomic E-state index is 0.846. The van der Waals surface area contributed by atoms with E-state index in [2.05, 4.69) is 24.4 Å². The Kier molecular flexibility index (Phi) is 3.83. The Morgan fingerprint density at radius 1 is 1.31 bits per heavy atom. The average Bonchev–Trinajstić information content (AvgIpc) is 3.10. The van der Waals surface area contributed by atoms with Gasteiger partial charge in [0.2, 0.25) is 0 Å². The molecule has 2 nitrogen and oxygen atoms in total. The van der Waals surface area contributed by atoms with Crippen LogP contribution in [0, 0.1) is 11.8 Å². The molecule has 2 heteroatoms. The summed E-state index contributed by atoms with van der Waals surface area (Å²) < 4.78 is 0. The summed E-state index contributed by atoms with van der Waals surface area (Å²) in [5.41, 5.74) is 7.85. The molecule has 1 aromatic carbocycles. The summed E-state index contributed by atoms with van der Waals surface area (Å²) in [6, 6.07) is 8.17. The van der Waals surface area contributed by atoms with Gasteiger partial charge in [-0.15, -0.1) is 0 Å². The van der Waals surface area contributed by atoms with Crippen molar-refractivity contribution in [2.24, 2.45) is 11.8 Å². The molecule has 0 saturated heterocycles. The summed E-state index contributed by atoms with van der Waals surface area (Å²) in [7, 11) is 0. The molecule has 1 aliphatic rings. The lowest BCUT2D eigenvalue weighted by Gasteiger charge is -2.11. The normalized spacial score (nSPS) is 17.3. The number of nitrogens with two attached hydrogens (primary N) is 1. The van der Waals surface area contributed by atoms with Crippen LogP contribution in [-0.2, 0) is 6.42 Å². The van der Waals surface area contributed by atoms with Crippen molar-refractivity contribution in [3.05, 3.63) is 29.8 Å². The molecule has 1 aliphatic carbocycles. The molecular weight excluding hydrogens is 196 g/mol. The van der Waals surface area contributed by atoms with E-state index in [-0.39, 0.29) is 0 Å². The molecule has 1 fully saturated rings. The van der Waals surface area contributed by atoms with Crippen molar-refractivity contribution >= 4 is 5.69 Å². The first kappa shape index (κ1) is 11.5. The van der Waals surface area contributed by atoms with E-state index in [1.807, 2.05) is 12.1 Å². The second-order valence-electron chi connectivity index (χ2n) is 5.01. The van der Waals surface area contributed by atoms with E-state index in [1.54, 1.807) is 0 Å². The van der Waals surface area contributed by atoms with Crippen LogP contribution in [0.2, 0.25) is 0 Å². The highest BCUT2D eigenvalue weighted by Gasteiger charge is 2.27. The Hall–Kier alpha value is -1.02. The van der Waals surface area contributed by atoms with E-state index in [9.17, 15) is 0 Å². The van der Waals surface area contributed by atoms with Gasteiger partial charge in [-0.05, 0) is 61.9 Å². The van der Waals surface area contributed by atoms with Gasteiger partial charge in [0.15, 0.2) is 0 Å². The Labute approximate surface area is 98.2 Å². The summed E-state index contributed by atoms with van der Waals surface area (Å²) in [4.78, 5) is 0. The third-order valence-corrected chi connectivity index (χ3v) is 3.46. The van der Waals surface area contributed by atoms with Crippen molar-refractivity contribution in [3.63, 3.8) is 0 Å². The molecule has 0 bridgehead atoms. The van der Waals surface area contributed by atoms with Gasteiger partial charge in [0.1, 0.15) is 0 Å². The summed E-state index contributed by atoms with van der Waals surface area (Å²) >= 11 is 0. The molecular formula is C14H22N2.